The molecule has 2 aromatic heterocycles. The molecule has 9 heteroatoms. The van der Waals surface area contributed by atoms with Gasteiger partial charge in [0.2, 0.25) is 11.1 Å². The number of nitrogen functional groups attached to an aromatic ring is 1. The molecule has 0 aliphatic rings. The van der Waals surface area contributed by atoms with E-state index in [0.717, 1.165) is 4.88 Å². The van der Waals surface area contributed by atoms with E-state index in [2.05, 4.69) is 15.5 Å². The average molecular weight is 380 g/mol. The van der Waals surface area contributed by atoms with Gasteiger partial charge >= 0.3 is 0 Å². The van der Waals surface area contributed by atoms with Crippen molar-refractivity contribution in [3.63, 3.8) is 0 Å². The van der Waals surface area contributed by atoms with Crippen molar-refractivity contribution >= 4 is 40.6 Å². The Bertz CT molecular complexity index is 834. The first-order valence-electron chi connectivity index (χ1n) is 7.02. The molecule has 3 N–H and O–H groups in total. The van der Waals surface area contributed by atoms with Crippen molar-refractivity contribution in [1.29, 1.82) is 0 Å². The molecule has 0 fully saturated rings. The molecule has 1 aromatic carbocycles. The lowest BCUT2D eigenvalue weighted by molar-refractivity contribution is -0.118. The van der Waals surface area contributed by atoms with Gasteiger partial charge in [-0.25, -0.2) is 4.68 Å². The maximum absolute atomic E-state index is 11.9. The third kappa shape index (κ3) is 3.89. The maximum Gasteiger partial charge on any atom is 0.230 e. The van der Waals surface area contributed by atoms with E-state index in [0.29, 0.717) is 28.1 Å². The fourth-order valence-corrected chi connectivity index (χ4v) is 3.53. The predicted octanol–water partition coefficient (Wildman–Crippen LogP) is 2.78. The van der Waals surface area contributed by atoms with Crippen LogP contribution in [-0.4, -0.2) is 26.5 Å². The molecule has 124 valence electrons. The average Bonchev–Trinajstić information content (AvgIpc) is 3.22. The second-order valence-electron chi connectivity index (χ2n) is 4.80. The van der Waals surface area contributed by atoms with E-state index in [-0.39, 0.29) is 11.7 Å². The smallest absolute Gasteiger partial charge is 0.230 e. The lowest BCUT2D eigenvalue weighted by atomic mass is 10.2. The van der Waals surface area contributed by atoms with Gasteiger partial charge in [0.05, 0.1) is 17.3 Å². The Hall–Kier alpha value is -2.03. The Morgan fingerprint density at radius 2 is 2.12 bits per heavy atom. The molecule has 3 aromatic rings. The summed E-state index contributed by atoms with van der Waals surface area (Å²) in [4.78, 5) is 13.0. The molecule has 3 rings (SSSR count). The monoisotopic (exact) mass is 379 g/mol. The minimum Gasteiger partial charge on any atom is -0.350 e. The van der Waals surface area contributed by atoms with E-state index < -0.39 is 0 Å². The highest BCUT2D eigenvalue weighted by Crippen LogP contribution is 2.27. The van der Waals surface area contributed by atoms with Gasteiger partial charge in [0.25, 0.3) is 0 Å². The number of hydrogen-bond acceptors (Lipinski definition) is 6. The molecule has 6 nitrogen and oxygen atoms in total. The van der Waals surface area contributed by atoms with Crippen LogP contribution >= 0.6 is 34.7 Å². The zero-order valence-electron chi connectivity index (χ0n) is 12.5. The van der Waals surface area contributed by atoms with Crippen LogP contribution in [0.1, 0.15) is 4.88 Å². The Labute approximate surface area is 152 Å². The summed E-state index contributed by atoms with van der Waals surface area (Å²) in [5.74, 6) is 6.61. The van der Waals surface area contributed by atoms with Crippen LogP contribution in [0.15, 0.2) is 46.9 Å². The highest BCUT2D eigenvalue weighted by Gasteiger charge is 2.15. The molecule has 1 amide bonds. The second-order valence-corrected chi connectivity index (χ2v) is 7.18. The molecule has 0 saturated heterocycles. The number of rotatable bonds is 6. The molecular formula is C15H14ClN5OS2. The second kappa shape index (κ2) is 7.69. The minimum absolute atomic E-state index is 0.0873. The van der Waals surface area contributed by atoms with Gasteiger partial charge in [-0.2, -0.15) is 0 Å². The molecule has 0 bridgehead atoms. The van der Waals surface area contributed by atoms with Crippen molar-refractivity contribution in [2.24, 2.45) is 0 Å². The molecule has 2 heterocycles. The zero-order valence-corrected chi connectivity index (χ0v) is 14.9. The molecule has 0 aliphatic heterocycles. The van der Waals surface area contributed by atoms with E-state index in [1.54, 1.807) is 17.4 Å². The Morgan fingerprint density at radius 1 is 1.29 bits per heavy atom. The number of nitrogens with two attached hydrogens (primary N) is 1. The van der Waals surface area contributed by atoms with Gasteiger partial charge in [-0.15, -0.1) is 21.5 Å². The number of thiophene rings is 1. The Morgan fingerprint density at radius 3 is 2.88 bits per heavy atom. The molecule has 24 heavy (non-hydrogen) atoms. The van der Waals surface area contributed by atoms with Crippen molar-refractivity contribution < 1.29 is 4.79 Å². The summed E-state index contributed by atoms with van der Waals surface area (Å²) in [5, 5.41) is 13.9. The van der Waals surface area contributed by atoms with Gasteiger partial charge in [-0.1, -0.05) is 41.6 Å². The number of carbonyl (C=O) groups excluding carboxylic acids is 1. The molecule has 0 radical (unpaired) electrons. The van der Waals surface area contributed by atoms with Crippen LogP contribution in [0.3, 0.4) is 0 Å². The summed E-state index contributed by atoms with van der Waals surface area (Å²) >= 11 is 8.98. The Balaban J connectivity index is 1.60. The fourth-order valence-electron chi connectivity index (χ4n) is 1.98. The first kappa shape index (κ1) is 16.8. The summed E-state index contributed by atoms with van der Waals surface area (Å²) in [6.07, 6.45) is 0. The van der Waals surface area contributed by atoms with Crippen LogP contribution in [0.5, 0.6) is 0 Å². The largest absolute Gasteiger partial charge is 0.350 e. The van der Waals surface area contributed by atoms with Crippen molar-refractivity contribution in [1.82, 2.24) is 20.2 Å². The number of carbonyl (C=O) groups is 1. The normalized spacial score (nSPS) is 10.7. The maximum atomic E-state index is 11.9. The van der Waals surface area contributed by atoms with Crippen molar-refractivity contribution in [3.05, 3.63) is 51.7 Å². The highest BCUT2D eigenvalue weighted by molar-refractivity contribution is 7.99. The SMILES string of the molecule is Nn1c(SCC(=O)NCc2cccs2)nnc1-c1ccccc1Cl. The highest BCUT2D eigenvalue weighted by atomic mass is 35.5. The quantitative estimate of drug-likeness (QED) is 0.508. The van der Waals surface area contributed by atoms with Gasteiger partial charge in [0.1, 0.15) is 0 Å². The van der Waals surface area contributed by atoms with Gasteiger partial charge in [0, 0.05) is 10.4 Å². The molecule has 0 spiro atoms. The fraction of sp³-hybridized carbons (Fsp3) is 0.133. The summed E-state index contributed by atoms with van der Waals surface area (Å²) in [5.41, 5.74) is 0.697. The van der Waals surface area contributed by atoms with E-state index in [1.807, 2.05) is 35.7 Å². The molecule has 0 saturated carbocycles. The van der Waals surface area contributed by atoms with Crippen LogP contribution in [0.4, 0.5) is 0 Å². The number of amides is 1. The minimum atomic E-state index is -0.0873. The standard InChI is InChI=1S/C15H14ClN5OS2/c16-12-6-2-1-5-11(12)14-19-20-15(21(14)17)24-9-13(22)18-8-10-4-3-7-23-10/h1-7H,8-9,17H2,(H,18,22). The van der Waals surface area contributed by atoms with Crippen LogP contribution in [0.25, 0.3) is 11.4 Å². The zero-order chi connectivity index (χ0) is 16.9. The Kier molecular flexibility index (Phi) is 5.39. The molecule has 0 aliphatic carbocycles. The van der Waals surface area contributed by atoms with E-state index in [1.165, 1.54) is 16.4 Å². The van der Waals surface area contributed by atoms with Gasteiger partial charge in [-0.3, -0.25) is 4.79 Å². The van der Waals surface area contributed by atoms with Crippen molar-refractivity contribution in [2.45, 2.75) is 11.7 Å². The summed E-state index contributed by atoms with van der Waals surface area (Å²) in [7, 11) is 0. The molecule has 0 atom stereocenters. The number of aromatic nitrogens is 3. The summed E-state index contributed by atoms with van der Waals surface area (Å²) < 4.78 is 1.35. The topological polar surface area (TPSA) is 85.8 Å². The number of benzene rings is 1. The first-order valence-corrected chi connectivity index (χ1v) is 9.26. The lowest BCUT2D eigenvalue weighted by Crippen LogP contribution is -2.24. The number of halogens is 1. The van der Waals surface area contributed by atoms with Crippen LogP contribution in [0.2, 0.25) is 5.02 Å². The van der Waals surface area contributed by atoms with Gasteiger partial charge < -0.3 is 11.2 Å². The van der Waals surface area contributed by atoms with Crippen LogP contribution < -0.4 is 11.2 Å². The first-order chi connectivity index (χ1) is 11.6. The molecular weight excluding hydrogens is 366 g/mol. The number of nitrogens with one attached hydrogen (secondary N) is 1. The third-order valence-corrected chi connectivity index (χ3v) is 5.30. The third-order valence-electron chi connectivity index (χ3n) is 3.15. The van der Waals surface area contributed by atoms with Gasteiger partial charge in [-0.05, 0) is 23.6 Å². The van der Waals surface area contributed by atoms with Crippen LogP contribution in [0, 0.1) is 0 Å². The number of nitrogens with zero attached hydrogens (tertiary/aromatic N) is 3. The summed E-state index contributed by atoms with van der Waals surface area (Å²) in [6, 6.07) is 11.2. The van der Waals surface area contributed by atoms with E-state index in [9.17, 15) is 4.79 Å². The van der Waals surface area contributed by atoms with Crippen molar-refractivity contribution in [2.75, 3.05) is 11.6 Å². The van der Waals surface area contributed by atoms with E-state index in [4.69, 9.17) is 17.4 Å². The van der Waals surface area contributed by atoms with E-state index >= 15 is 0 Å². The number of thioether (sulfide) groups is 1. The number of hydrogen-bond donors (Lipinski definition) is 2. The van der Waals surface area contributed by atoms with Crippen LogP contribution in [-0.2, 0) is 11.3 Å². The van der Waals surface area contributed by atoms with Crippen molar-refractivity contribution in [3.8, 4) is 11.4 Å². The molecule has 0 unspecified atom stereocenters. The summed E-state index contributed by atoms with van der Waals surface area (Å²) in [6.45, 7) is 0.525. The lowest BCUT2D eigenvalue weighted by Gasteiger charge is -2.05. The van der Waals surface area contributed by atoms with Gasteiger partial charge in [0.15, 0.2) is 5.82 Å². The predicted molar refractivity (Wildman–Crippen MR) is 97.5 cm³/mol.